The first kappa shape index (κ1) is 15.5. The second-order valence-electron chi connectivity index (χ2n) is 4.82. The molecule has 1 heterocycles. The molecule has 0 aliphatic carbocycles. The summed E-state index contributed by atoms with van der Waals surface area (Å²) in [5.41, 5.74) is 2.04. The molecule has 2 rings (SSSR count). The van der Waals surface area contributed by atoms with Crippen molar-refractivity contribution < 1.29 is 4.79 Å². The summed E-state index contributed by atoms with van der Waals surface area (Å²) in [6.45, 7) is 4.22. The molecular weight excluding hydrogens is 330 g/mol. The number of rotatable bonds is 5. The lowest BCUT2D eigenvalue weighted by Gasteiger charge is -2.12. The monoisotopic (exact) mass is 347 g/mol. The molecule has 0 fully saturated rings. The number of nitrogens with one attached hydrogen (secondary N) is 2. The summed E-state index contributed by atoms with van der Waals surface area (Å²) in [6.07, 6.45) is 2.71. The van der Waals surface area contributed by atoms with Gasteiger partial charge in [0.05, 0.1) is 17.6 Å². The van der Waals surface area contributed by atoms with E-state index in [4.69, 9.17) is 0 Å². The first-order valence-corrected chi connectivity index (χ1v) is 7.68. The fourth-order valence-electron chi connectivity index (χ4n) is 1.75. The molecule has 0 aliphatic heterocycles. The van der Waals surface area contributed by atoms with Crippen LogP contribution in [0.25, 0.3) is 0 Å². The number of halogens is 1. The second kappa shape index (κ2) is 7.22. The van der Waals surface area contributed by atoms with Crippen LogP contribution < -0.4 is 10.6 Å². The Morgan fingerprint density at radius 3 is 2.67 bits per heavy atom. The fraction of sp³-hybridized carbons (Fsp3) is 0.250. The molecule has 2 N–H and O–H groups in total. The van der Waals surface area contributed by atoms with Gasteiger partial charge >= 0.3 is 0 Å². The van der Waals surface area contributed by atoms with Crippen LogP contribution in [-0.4, -0.2) is 16.9 Å². The first-order chi connectivity index (χ1) is 10.1. The van der Waals surface area contributed by atoms with Crippen LogP contribution in [0.1, 0.15) is 30.8 Å². The van der Waals surface area contributed by atoms with Gasteiger partial charge in [-0.3, -0.25) is 4.79 Å². The molecule has 0 spiro atoms. The van der Waals surface area contributed by atoms with Gasteiger partial charge in [-0.05, 0) is 53.5 Å². The molecule has 2 aromatic rings. The first-order valence-electron chi connectivity index (χ1n) is 6.88. The van der Waals surface area contributed by atoms with E-state index in [2.05, 4.69) is 45.4 Å². The number of nitrogens with zero attached hydrogens (tertiary/aromatic N) is 1. The molecule has 0 saturated carbocycles. The van der Waals surface area contributed by atoms with Crippen LogP contribution in [0.3, 0.4) is 0 Å². The molecule has 5 heteroatoms. The van der Waals surface area contributed by atoms with Crippen molar-refractivity contribution in [3.05, 3.63) is 52.8 Å². The van der Waals surface area contributed by atoms with E-state index in [0.29, 0.717) is 11.7 Å². The van der Waals surface area contributed by atoms with Gasteiger partial charge in [-0.25, -0.2) is 4.98 Å². The maximum atomic E-state index is 12.1. The Hall–Kier alpha value is -1.88. The van der Waals surface area contributed by atoms with Crippen molar-refractivity contribution in [1.29, 1.82) is 0 Å². The molecule has 21 heavy (non-hydrogen) atoms. The quantitative estimate of drug-likeness (QED) is 0.847. The maximum Gasteiger partial charge on any atom is 0.274 e. The van der Waals surface area contributed by atoms with Crippen LogP contribution >= 0.6 is 15.9 Å². The minimum atomic E-state index is -0.225. The van der Waals surface area contributed by atoms with E-state index in [1.54, 1.807) is 12.3 Å². The van der Waals surface area contributed by atoms with Crippen LogP contribution in [0.2, 0.25) is 0 Å². The Morgan fingerprint density at radius 2 is 2.05 bits per heavy atom. The molecule has 1 aromatic carbocycles. The molecular formula is C16H18BrN3O. The van der Waals surface area contributed by atoms with Crippen molar-refractivity contribution in [2.24, 2.45) is 0 Å². The largest absolute Gasteiger partial charge is 0.381 e. The fourth-order valence-corrected chi connectivity index (χ4v) is 2.13. The molecule has 1 aromatic heterocycles. The summed E-state index contributed by atoms with van der Waals surface area (Å²) in [5, 5.41) is 6.14. The minimum absolute atomic E-state index is 0.225. The number of pyridine rings is 1. The number of carbonyl (C=O) groups is 1. The normalized spacial score (nSPS) is 11.8. The highest BCUT2D eigenvalue weighted by Crippen LogP contribution is 2.21. The predicted molar refractivity (Wildman–Crippen MR) is 89.7 cm³/mol. The van der Waals surface area contributed by atoms with Crippen molar-refractivity contribution in [3.63, 3.8) is 0 Å². The van der Waals surface area contributed by atoms with E-state index < -0.39 is 0 Å². The van der Waals surface area contributed by atoms with Crippen LogP contribution in [-0.2, 0) is 0 Å². The smallest absolute Gasteiger partial charge is 0.274 e. The number of aromatic nitrogens is 1. The number of para-hydroxylation sites is 1. The Balaban J connectivity index is 2.05. The summed E-state index contributed by atoms with van der Waals surface area (Å²) in [7, 11) is 0. The molecule has 1 unspecified atom stereocenters. The minimum Gasteiger partial charge on any atom is -0.381 e. The van der Waals surface area contributed by atoms with E-state index in [1.165, 1.54) is 0 Å². The van der Waals surface area contributed by atoms with E-state index >= 15 is 0 Å². The summed E-state index contributed by atoms with van der Waals surface area (Å²) in [5.74, 6) is -0.225. The van der Waals surface area contributed by atoms with Crippen molar-refractivity contribution in [2.45, 2.75) is 26.3 Å². The van der Waals surface area contributed by atoms with E-state index in [0.717, 1.165) is 22.3 Å². The summed E-state index contributed by atoms with van der Waals surface area (Å²) in [6, 6.07) is 11.4. The number of anilines is 2. The maximum absolute atomic E-state index is 12.1. The lowest BCUT2D eigenvalue weighted by molar-refractivity contribution is 0.102. The molecule has 4 nitrogen and oxygen atoms in total. The van der Waals surface area contributed by atoms with Gasteiger partial charge in [0.1, 0.15) is 5.69 Å². The summed E-state index contributed by atoms with van der Waals surface area (Å²) >= 11 is 3.40. The van der Waals surface area contributed by atoms with E-state index in [9.17, 15) is 4.79 Å². The number of amides is 1. The van der Waals surface area contributed by atoms with Crippen LogP contribution in [0.5, 0.6) is 0 Å². The van der Waals surface area contributed by atoms with Crippen molar-refractivity contribution >= 4 is 33.2 Å². The van der Waals surface area contributed by atoms with Crippen LogP contribution in [0.15, 0.2) is 47.1 Å². The van der Waals surface area contributed by atoms with Gasteiger partial charge in [-0.2, -0.15) is 0 Å². The Labute approximate surface area is 133 Å². The van der Waals surface area contributed by atoms with Crippen molar-refractivity contribution in [1.82, 2.24) is 4.98 Å². The van der Waals surface area contributed by atoms with Gasteiger partial charge in [0, 0.05) is 10.5 Å². The SMILES string of the molecule is CCC(C)Nc1ccc(C(=O)Nc2ccccc2Br)nc1. The van der Waals surface area contributed by atoms with E-state index in [-0.39, 0.29) is 5.91 Å². The van der Waals surface area contributed by atoms with Crippen molar-refractivity contribution in [3.8, 4) is 0 Å². The van der Waals surface area contributed by atoms with Gasteiger partial charge in [0.25, 0.3) is 5.91 Å². The lowest BCUT2D eigenvalue weighted by Crippen LogP contribution is -2.16. The summed E-state index contributed by atoms with van der Waals surface area (Å²) in [4.78, 5) is 16.3. The third-order valence-corrected chi connectivity index (χ3v) is 3.84. The number of benzene rings is 1. The summed E-state index contributed by atoms with van der Waals surface area (Å²) < 4.78 is 0.841. The van der Waals surface area contributed by atoms with Gasteiger partial charge in [0.2, 0.25) is 0 Å². The lowest BCUT2D eigenvalue weighted by atomic mass is 10.2. The molecule has 1 atom stereocenters. The second-order valence-corrected chi connectivity index (χ2v) is 5.67. The number of hydrogen-bond donors (Lipinski definition) is 2. The third kappa shape index (κ3) is 4.29. The van der Waals surface area contributed by atoms with Crippen LogP contribution in [0, 0.1) is 0 Å². The Bertz CT molecular complexity index is 613. The molecule has 0 aliphatic rings. The number of carbonyl (C=O) groups excluding carboxylic acids is 1. The molecule has 0 radical (unpaired) electrons. The van der Waals surface area contributed by atoms with Crippen LogP contribution in [0.4, 0.5) is 11.4 Å². The highest BCUT2D eigenvalue weighted by Gasteiger charge is 2.09. The zero-order valence-corrected chi connectivity index (χ0v) is 13.6. The average Bonchev–Trinajstić information content (AvgIpc) is 2.50. The average molecular weight is 348 g/mol. The standard InChI is InChI=1S/C16H18BrN3O/c1-3-11(2)19-12-8-9-15(18-10-12)16(21)20-14-7-5-4-6-13(14)17/h4-11,19H,3H2,1-2H3,(H,20,21). The Morgan fingerprint density at radius 1 is 1.29 bits per heavy atom. The van der Waals surface area contributed by atoms with Gasteiger partial charge in [-0.1, -0.05) is 19.1 Å². The van der Waals surface area contributed by atoms with Gasteiger partial charge < -0.3 is 10.6 Å². The number of hydrogen-bond acceptors (Lipinski definition) is 3. The molecule has 0 saturated heterocycles. The van der Waals surface area contributed by atoms with Gasteiger partial charge in [0.15, 0.2) is 0 Å². The molecule has 0 bridgehead atoms. The molecule has 1 amide bonds. The van der Waals surface area contributed by atoms with E-state index in [1.807, 2.05) is 30.3 Å². The Kier molecular flexibility index (Phi) is 5.33. The zero-order valence-electron chi connectivity index (χ0n) is 12.1. The molecule has 110 valence electrons. The van der Waals surface area contributed by atoms with Gasteiger partial charge in [-0.15, -0.1) is 0 Å². The third-order valence-electron chi connectivity index (χ3n) is 3.14. The highest BCUT2D eigenvalue weighted by molar-refractivity contribution is 9.10. The topological polar surface area (TPSA) is 54.0 Å². The zero-order chi connectivity index (χ0) is 15.2. The highest BCUT2D eigenvalue weighted by atomic mass is 79.9. The van der Waals surface area contributed by atoms with Crippen molar-refractivity contribution in [2.75, 3.05) is 10.6 Å². The predicted octanol–water partition coefficient (Wildman–Crippen LogP) is 4.31.